The number of fused-ring (bicyclic) bond motifs is 5. The van der Waals surface area contributed by atoms with Gasteiger partial charge in [-0.3, -0.25) is 4.99 Å². The van der Waals surface area contributed by atoms with E-state index in [0.717, 1.165) is 12.3 Å². The summed E-state index contributed by atoms with van der Waals surface area (Å²) in [5, 5.41) is 1.39. The first-order valence-electron chi connectivity index (χ1n) is 7.83. The first kappa shape index (κ1) is 12.4. The van der Waals surface area contributed by atoms with E-state index in [1.807, 2.05) is 11.3 Å². The van der Waals surface area contributed by atoms with Gasteiger partial charge in [-0.2, -0.15) is 0 Å². The Labute approximate surface area is 133 Å². The number of aliphatic imine (C=N–C) groups is 1. The molecule has 2 aromatic heterocycles. The highest BCUT2D eigenvalue weighted by Gasteiger charge is 2.26. The Morgan fingerprint density at radius 3 is 2.77 bits per heavy atom. The van der Waals surface area contributed by atoms with Crippen LogP contribution in [0.4, 0.5) is 0 Å². The summed E-state index contributed by atoms with van der Waals surface area (Å²) in [7, 11) is 0. The highest BCUT2D eigenvalue weighted by atomic mass is 32.1. The number of rotatable bonds is 1. The Bertz CT molecular complexity index is 884. The third-order valence-corrected chi connectivity index (χ3v) is 6.00. The fourth-order valence-electron chi connectivity index (χ4n) is 3.64. The summed E-state index contributed by atoms with van der Waals surface area (Å²) in [5.74, 6) is 0. The minimum atomic E-state index is 0.813. The largest absolute Gasteiger partial charge is 0.306 e. The van der Waals surface area contributed by atoms with Crippen LogP contribution in [0.1, 0.15) is 33.7 Å². The Balaban J connectivity index is 1.74. The Hall–Kier alpha value is -2.13. The van der Waals surface area contributed by atoms with Crippen LogP contribution in [0, 0.1) is 0 Å². The summed E-state index contributed by atoms with van der Waals surface area (Å²) < 4.78 is 2.34. The van der Waals surface area contributed by atoms with Crippen molar-refractivity contribution >= 4 is 17.0 Å². The topological polar surface area (TPSA) is 17.3 Å². The highest BCUT2D eigenvalue weighted by Crippen LogP contribution is 2.40. The van der Waals surface area contributed by atoms with Crippen molar-refractivity contribution < 1.29 is 0 Å². The van der Waals surface area contributed by atoms with E-state index in [4.69, 9.17) is 4.99 Å². The molecule has 108 valence electrons. The average Bonchev–Trinajstić information content (AvgIpc) is 3.23. The fourth-order valence-corrected chi connectivity index (χ4v) is 5.03. The summed E-state index contributed by atoms with van der Waals surface area (Å²) >= 11 is 1.97. The zero-order valence-electron chi connectivity index (χ0n) is 12.2. The first-order valence-corrected chi connectivity index (χ1v) is 8.65. The van der Waals surface area contributed by atoms with Crippen molar-refractivity contribution in [1.82, 2.24) is 4.57 Å². The molecule has 5 rings (SSSR count). The minimum Gasteiger partial charge on any atom is -0.306 e. The zero-order chi connectivity index (χ0) is 14.5. The van der Waals surface area contributed by atoms with Crippen LogP contribution in [0.3, 0.4) is 0 Å². The number of hydrogen-bond donors (Lipinski definition) is 0. The number of aromatic nitrogens is 1. The summed E-state index contributed by atoms with van der Waals surface area (Å²) in [4.78, 5) is 6.59. The van der Waals surface area contributed by atoms with Gasteiger partial charge in [-0.15, -0.1) is 11.3 Å². The van der Waals surface area contributed by atoms with E-state index in [1.165, 1.54) is 41.1 Å². The standard InChI is InChI=1S/C19H16N2S/c1-2-6-13(7-3-1)18-16-9-5-11-21(16)19-15(12-20-18)14-8-4-10-17(14)22-19/h1-3,5-7,9,11H,4,8,10,12H2. The summed E-state index contributed by atoms with van der Waals surface area (Å²) in [6, 6.07) is 14.9. The summed E-state index contributed by atoms with van der Waals surface area (Å²) in [6.45, 7) is 0.813. The Morgan fingerprint density at radius 2 is 1.86 bits per heavy atom. The molecule has 0 saturated heterocycles. The van der Waals surface area contributed by atoms with E-state index < -0.39 is 0 Å². The number of nitrogens with zero attached hydrogens (tertiary/aromatic N) is 2. The van der Waals surface area contributed by atoms with E-state index in [1.54, 1.807) is 10.4 Å². The lowest BCUT2D eigenvalue weighted by atomic mass is 10.1. The van der Waals surface area contributed by atoms with Gasteiger partial charge in [0, 0.05) is 22.2 Å². The van der Waals surface area contributed by atoms with Gasteiger partial charge < -0.3 is 4.57 Å². The van der Waals surface area contributed by atoms with Crippen LogP contribution in [0.5, 0.6) is 0 Å². The van der Waals surface area contributed by atoms with Crippen molar-refractivity contribution in [1.29, 1.82) is 0 Å². The van der Waals surface area contributed by atoms with Gasteiger partial charge in [0.15, 0.2) is 0 Å². The molecular weight excluding hydrogens is 288 g/mol. The molecule has 1 aliphatic heterocycles. The first-order chi connectivity index (χ1) is 10.9. The molecule has 0 atom stereocenters. The normalized spacial score (nSPS) is 15.7. The summed E-state index contributed by atoms with van der Waals surface area (Å²) in [6.07, 6.45) is 5.97. The molecule has 0 N–H and O–H groups in total. The molecule has 0 bridgehead atoms. The van der Waals surface area contributed by atoms with Crippen molar-refractivity contribution in [2.75, 3.05) is 0 Å². The lowest BCUT2D eigenvalue weighted by Crippen LogP contribution is -2.07. The van der Waals surface area contributed by atoms with Gasteiger partial charge in [0.25, 0.3) is 0 Å². The van der Waals surface area contributed by atoms with Crippen LogP contribution >= 0.6 is 11.3 Å². The molecule has 3 aromatic rings. The van der Waals surface area contributed by atoms with Gasteiger partial charge in [-0.25, -0.2) is 0 Å². The lowest BCUT2D eigenvalue weighted by Gasteiger charge is -2.08. The second-order valence-corrected chi connectivity index (χ2v) is 7.02. The van der Waals surface area contributed by atoms with Gasteiger partial charge in [0.05, 0.1) is 18.0 Å². The molecule has 1 aliphatic carbocycles. The number of thiophene rings is 1. The van der Waals surface area contributed by atoms with Crippen molar-refractivity contribution in [2.45, 2.75) is 25.8 Å². The van der Waals surface area contributed by atoms with Crippen LogP contribution < -0.4 is 0 Å². The monoisotopic (exact) mass is 304 g/mol. The maximum atomic E-state index is 5.00. The SMILES string of the molecule is c1ccc(C2=NCc3c(sc4c3CCC4)-n3cccc32)cc1. The number of hydrogen-bond acceptors (Lipinski definition) is 2. The van der Waals surface area contributed by atoms with Crippen LogP contribution in [0.15, 0.2) is 53.7 Å². The van der Waals surface area contributed by atoms with Crippen molar-refractivity contribution in [3.8, 4) is 5.00 Å². The van der Waals surface area contributed by atoms with E-state index in [-0.39, 0.29) is 0 Å². The predicted molar refractivity (Wildman–Crippen MR) is 91.5 cm³/mol. The van der Waals surface area contributed by atoms with Gasteiger partial charge >= 0.3 is 0 Å². The van der Waals surface area contributed by atoms with Crippen LogP contribution in [0.25, 0.3) is 5.00 Å². The quantitative estimate of drug-likeness (QED) is 0.635. The number of benzene rings is 1. The Morgan fingerprint density at radius 1 is 0.955 bits per heavy atom. The number of aryl methyl sites for hydroxylation is 1. The molecule has 0 unspecified atom stereocenters. The average molecular weight is 304 g/mol. The second-order valence-electron chi connectivity index (χ2n) is 5.94. The minimum absolute atomic E-state index is 0.813. The van der Waals surface area contributed by atoms with E-state index >= 15 is 0 Å². The maximum Gasteiger partial charge on any atom is 0.105 e. The van der Waals surface area contributed by atoms with Crippen LogP contribution in [0.2, 0.25) is 0 Å². The van der Waals surface area contributed by atoms with E-state index in [9.17, 15) is 0 Å². The zero-order valence-corrected chi connectivity index (χ0v) is 13.1. The second kappa shape index (κ2) is 4.68. The predicted octanol–water partition coefficient (Wildman–Crippen LogP) is 4.38. The molecule has 0 fully saturated rings. The smallest absolute Gasteiger partial charge is 0.105 e. The highest BCUT2D eigenvalue weighted by molar-refractivity contribution is 7.15. The fraction of sp³-hybridized carbons (Fsp3) is 0.211. The van der Waals surface area contributed by atoms with Crippen LogP contribution in [-0.4, -0.2) is 10.3 Å². The van der Waals surface area contributed by atoms with E-state index in [2.05, 4.69) is 53.2 Å². The van der Waals surface area contributed by atoms with Crippen molar-refractivity contribution in [3.63, 3.8) is 0 Å². The molecule has 1 aromatic carbocycles. The summed E-state index contributed by atoms with van der Waals surface area (Å²) in [5.41, 5.74) is 6.57. The molecule has 2 aliphatic rings. The van der Waals surface area contributed by atoms with Gasteiger partial charge in [-0.05, 0) is 37.0 Å². The van der Waals surface area contributed by atoms with Gasteiger partial charge in [0.1, 0.15) is 5.00 Å². The van der Waals surface area contributed by atoms with Crippen LogP contribution in [-0.2, 0) is 19.4 Å². The molecule has 0 spiro atoms. The third kappa shape index (κ3) is 1.69. The molecule has 0 radical (unpaired) electrons. The molecule has 0 amide bonds. The molecule has 0 saturated carbocycles. The van der Waals surface area contributed by atoms with E-state index in [0.29, 0.717) is 0 Å². The molecule has 2 nitrogen and oxygen atoms in total. The molecule has 3 heterocycles. The Kier molecular flexibility index (Phi) is 2.64. The lowest BCUT2D eigenvalue weighted by molar-refractivity contribution is 0.900. The van der Waals surface area contributed by atoms with Gasteiger partial charge in [0.2, 0.25) is 0 Å². The molecule has 3 heteroatoms. The van der Waals surface area contributed by atoms with Crippen molar-refractivity contribution in [3.05, 3.63) is 75.9 Å². The van der Waals surface area contributed by atoms with Crippen molar-refractivity contribution in [2.24, 2.45) is 4.99 Å². The molecule has 22 heavy (non-hydrogen) atoms. The van der Waals surface area contributed by atoms with Gasteiger partial charge in [-0.1, -0.05) is 30.3 Å². The third-order valence-electron chi connectivity index (χ3n) is 4.66. The maximum absolute atomic E-state index is 5.00. The molecular formula is C19H16N2S.